The molecule has 0 bridgehead atoms. The van der Waals surface area contributed by atoms with Crippen LogP contribution in [0.25, 0.3) is 0 Å². The van der Waals surface area contributed by atoms with E-state index < -0.39 is 7.79 Å². The first-order chi connectivity index (χ1) is 7.33. The van der Waals surface area contributed by atoms with Crippen LogP contribution in [0.5, 0.6) is 0 Å². The molecule has 0 atom stereocenters. The van der Waals surface area contributed by atoms with Crippen LogP contribution in [0.2, 0.25) is 0 Å². The summed E-state index contributed by atoms with van der Waals surface area (Å²) >= 11 is 0. The topological polar surface area (TPSA) is 33.3 Å². The predicted molar refractivity (Wildman–Crippen MR) is 69.6 cm³/mol. The summed E-state index contributed by atoms with van der Waals surface area (Å²) in [7, 11) is -1.73. The van der Waals surface area contributed by atoms with Crippen molar-refractivity contribution in [1.82, 2.24) is 10.2 Å². The van der Waals surface area contributed by atoms with Crippen molar-refractivity contribution in [3.05, 3.63) is 0 Å². The molecule has 0 amide bonds. The van der Waals surface area contributed by atoms with Crippen LogP contribution < -0.4 is 10.2 Å². The number of rotatable bonds is 7. The van der Waals surface area contributed by atoms with Crippen LogP contribution in [0, 0.1) is 0 Å². The van der Waals surface area contributed by atoms with E-state index in [1.54, 1.807) is 0 Å². The summed E-state index contributed by atoms with van der Waals surface area (Å²) < 4.78 is 6.00. The molecule has 0 aromatic rings. The molecule has 3 nitrogen and oxygen atoms in total. The van der Waals surface area contributed by atoms with Gasteiger partial charge in [-0.1, -0.05) is 0 Å². The van der Waals surface area contributed by atoms with E-state index in [1.165, 1.54) is 31.8 Å². The molecule has 2 N–H and O–H groups in total. The summed E-state index contributed by atoms with van der Waals surface area (Å²) in [4.78, 5) is 0. The van der Waals surface area contributed by atoms with Gasteiger partial charge in [-0.25, -0.2) is 0 Å². The normalized spacial score (nSPS) is 22.5. The van der Waals surface area contributed by atoms with Crippen molar-refractivity contribution >= 4 is 7.79 Å². The maximum atomic E-state index is 6.00. The second kappa shape index (κ2) is 7.56. The first-order valence-corrected chi connectivity index (χ1v) is 8.58. The molecule has 1 rings (SSSR count). The Kier molecular flexibility index (Phi) is 6.74. The van der Waals surface area contributed by atoms with Gasteiger partial charge in [0, 0.05) is 0 Å². The van der Waals surface area contributed by atoms with Crippen molar-refractivity contribution in [2.75, 3.05) is 25.9 Å². The van der Waals surface area contributed by atoms with E-state index in [9.17, 15) is 0 Å². The molecular weight excluding hydrogens is 207 g/mol. The van der Waals surface area contributed by atoms with Crippen LogP contribution in [-0.4, -0.2) is 25.9 Å². The molecule has 15 heavy (non-hydrogen) atoms. The molecule has 0 saturated carbocycles. The predicted octanol–water partition coefficient (Wildman–Crippen LogP) is 2.68. The van der Waals surface area contributed by atoms with E-state index in [1.807, 2.05) is 0 Å². The van der Waals surface area contributed by atoms with Crippen LogP contribution in [0.1, 0.15) is 46.0 Å². The number of nitrogens with one attached hydrogen (secondary N) is 2. The molecule has 1 aliphatic rings. The number of hydrogen-bond acceptors (Lipinski definition) is 3. The third-order valence-corrected chi connectivity index (χ3v) is 6.42. The van der Waals surface area contributed by atoms with Crippen molar-refractivity contribution in [2.24, 2.45) is 0 Å². The van der Waals surface area contributed by atoms with Crippen LogP contribution in [0.4, 0.5) is 0 Å². The summed E-state index contributed by atoms with van der Waals surface area (Å²) in [5, 5.41) is 7.29. The zero-order valence-electron chi connectivity index (χ0n) is 10.3. The minimum absolute atomic E-state index is 0.944. The average molecular weight is 234 g/mol. The second-order valence-electron chi connectivity index (χ2n) is 4.34. The van der Waals surface area contributed by atoms with Crippen LogP contribution in [0.15, 0.2) is 0 Å². The molecular formula is C11H27N2OP. The molecule has 4 heteroatoms. The van der Waals surface area contributed by atoms with Crippen molar-refractivity contribution in [3.8, 4) is 0 Å². The molecule has 92 valence electrons. The monoisotopic (exact) mass is 234 g/mol. The summed E-state index contributed by atoms with van der Waals surface area (Å²) in [5.41, 5.74) is 0. The van der Waals surface area contributed by atoms with E-state index in [0.717, 1.165) is 26.1 Å². The molecule has 1 aliphatic heterocycles. The van der Waals surface area contributed by atoms with Gasteiger partial charge in [0.15, 0.2) is 0 Å². The van der Waals surface area contributed by atoms with E-state index >= 15 is 0 Å². The Balaban J connectivity index is 2.28. The third kappa shape index (κ3) is 4.78. The first kappa shape index (κ1) is 13.4. The molecule has 0 aromatic heterocycles. The number of unbranched alkanes of at least 4 members (excludes halogenated alkanes) is 2. The minimum atomic E-state index is -1.73. The maximum absolute atomic E-state index is 6.00. The third-order valence-electron chi connectivity index (χ3n) is 2.87. The SMILES string of the molecule is CCCCCN[PH]1(CCC)NCCCO1. The van der Waals surface area contributed by atoms with Crippen molar-refractivity contribution in [2.45, 2.75) is 46.0 Å². The van der Waals surface area contributed by atoms with Crippen LogP contribution >= 0.6 is 7.79 Å². The van der Waals surface area contributed by atoms with Gasteiger partial charge in [-0.3, -0.25) is 0 Å². The summed E-state index contributed by atoms with van der Waals surface area (Å²) in [6.07, 6.45) is 7.45. The average Bonchev–Trinajstić information content (AvgIpc) is 2.26. The molecule has 0 aliphatic carbocycles. The van der Waals surface area contributed by atoms with Gasteiger partial charge in [0.25, 0.3) is 0 Å². The zero-order chi connectivity index (χ0) is 11.0. The summed E-state index contributed by atoms with van der Waals surface area (Å²) in [6.45, 7) is 7.68. The van der Waals surface area contributed by atoms with Gasteiger partial charge in [-0.2, -0.15) is 0 Å². The molecule has 0 unspecified atom stereocenters. The Bertz CT molecular complexity index is 155. The van der Waals surface area contributed by atoms with E-state index in [-0.39, 0.29) is 0 Å². The first-order valence-electron chi connectivity index (χ1n) is 6.47. The summed E-state index contributed by atoms with van der Waals surface area (Å²) in [5.74, 6) is 0. The summed E-state index contributed by atoms with van der Waals surface area (Å²) in [6, 6.07) is 0. The molecule has 0 aromatic carbocycles. The van der Waals surface area contributed by atoms with Crippen LogP contribution in [0.3, 0.4) is 0 Å². The Labute approximate surface area is 94.9 Å². The van der Waals surface area contributed by atoms with Gasteiger partial charge in [-0.15, -0.1) is 0 Å². The Morgan fingerprint density at radius 3 is 2.73 bits per heavy atom. The van der Waals surface area contributed by atoms with Gasteiger partial charge < -0.3 is 0 Å². The van der Waals surface area contributed by atoms with Crippen molar-refractivity contribution in [3.63, 3.8) is 0 Å². The molecule has 1 heterocycles. The van der Waals surface area contributed by atoms with E-state index in [0.29, 0.717) is 0 Å². The van der Waals surface area contributed by atoms with E-state index in [4.69, 9.17) is 4.52 Å². The molecule has 1 fully saturated rings. The van der Waals surface area contributed by atoms with E-state index in [2.05, 4.69) is 24.0 Å². The Morgan fingerprint density at radius 2 is 2.13 bits per heavy atom. The van der Waals surface area contributed by atoms with Gasteiger partial charge in [0.05, 0.1) is 0 Å². The van der Waals surface area contributed by atoms with Gasteiger partial charge in [-0.05, 0) is 0 Å². The fraction of sp³-hybridized carbons (Fsp3) is 1.00. The Morgan fingerprint density at radius 1 is 1.27 bits per heavy atom. The van der Waals surface area contributed by atoms with Crippen molar-refractivity contribution < 1.29 is 4.52 Å². The fourth-order valence-corrected chi connectivity index (χ4v) is 5.22. The molecule has 1 saturated heterocycles. The Hall–Kier alpha value is 0.310. The fourth-order valence-electron chi connectivity index (χ4n) is 2.04. The van der Waals surface area contributed by atoms with Gasteiger partial charge in [0.1, 0.15) is 0 Å². The quantitative estimate of drug-likeness (QED) is 0.525. The second-order valence-corrected chi connectivity index (χ2v) is 7.49. The zero-order valence-corrected chi connectivity index (χ0v) is 11.3. The van der Waals surface area contributed by atoms with Crippen molar-refractivity contribution in [1.29, 1.82) is 0 Å². The van der Waals surface area contributed by atoms with Crippen LogP contribution in [-0.2, 0) is 4.52 Å². The molecule has 0 spiro atoms. The van der Waals surface area contributed by atoms with Gasteiger partial charge in [0.2, 0.25) is 0 Å². The number of hydrogen-bond donors (Lipinski definition) is 2. The molecule has 0 radical (unpaired) electrons. The van der Waals surface area contributed by atoms with Gasteiger partial charge >= 0.3 is 94.3 Å². The standard InChI is InChI=1S/C11H27N2OP/c1-3-5-6-8-12-15(11-4-2)13-9-7-10-14-15/h12-13,15H,3-11H2,1-2H3.